The molecule has 0 aliphatic heterocycles. The normalized spacial score (nSPS) is 10.7. The molecule has 2 rings (SSSR count). The van der Waals surface area contributed by atoms with Crippen molar-refractivity contribution in [3.8, 4) is 0 Å². The van der Waals surface area contributed by atoms with E-state index >= 15 is 0 Å². The van der Waals surface area contributed by atoms with Crippen molar-refractivity contribution in [3.63, 3.8) is 0 Å². The average molecular weight is 235 g/mol. The summed E-state index contributed by atoms with van der Waals surface area (Å²) in [6.45, 7) is 3.10. The van der Waals surface area contributed by atoms with Gasteiger partial charge in [0.25, 0.3) is 0 Å². The maximum Gasteiger partial charge on any atom is 0.0726 e. The molecule has 0 bridgehead atoms. The van der Waals surface area contributed by atoms with Crippen molar-refractivity contribution in [2.45, 2.75) is 12.8 Å². The Kier molecular flexibility index (Phi) is 3.30. The summed E-state index contributed by atoms with van der Waals surface area (Å²) in [5.41, 5.74) is 3.13. The van der Waals surface area contributed by atoms with E-state index in [-0.39, 0.29) is 0 Å². The number of benzene rings is 1. The van der Waals surface area contributed by atoms with Crippen LogP contribution in [0, 0.1) is 0 Å². The monoisotopic (exact) mass is 234 g/mol. The summed E-state index contributed by atoms with van der Waals surface area (Å²) in [6.07, 6.45) is 0. The third-order valence-electron chi connectivity index (χ3n) is 2.77. The smallest absolute Gasteiger partial charge is 0.0726 e. The summed E-state index contributed by atoms with van der Waals surface area (Å²) in [5.74, 6) is 0.454. The van der Waals surface area contributed by atoms with Gasteiger partial charge >= 0.3 is 0 Å². The van der Waals surface area contributed by atoms with Gasteiger partial charge in [-0.1, -0.05) is 18.2 Å². The van der Waals surface area contributed by atoms with Gasteiger partial charge in [-0.3, -0.25) is 4.98 Å². The molecule has 0 spiro atoms. The van der Waals surface area contributed by atoms with Crippen molar-refractivity contribution in [2.24, 2.45) is 0 Å². The van der Waals surface area contributed by atoms with Gasteiger partial charge in [0, 0.05) is 24.7 Å². The number of fused-ring (bicyclic) bond motifs is 1. The van der Waals surface area contributed by atoms with E-state index in [1.54, 1.807) is 0 Å². The number of hydrogen-bond donors (Lipinski definition) is 0. The SMILES string of the molecule is CCN(C)c1cc(CCl)nc2ccccc12. The van der Waals surface area contributed by atoms with Gasteiger partial charge in [-0.25, -0.2) is 0 Å². The van der Waals surface area contributed by atoms with Gasteiger partial charge in [0.2, 0.25) is 0 Å². The summed E-state index contributed by atoms with van der Waals surface area (Å²) < 4.78 is 0. The second-order valence-electron chi connectivity index (χ2n) is 3.80. The molecule has 1 aromatic heterocycles. The molecule has 0 N–H and O–H groups in total. The molecular formula is C13H15ClN2. The van der Waals surface area contributed by atoms with Crippen LogP contribution < -0.4 is 4.90 Å². The molecule has 0 aliphatic rings. The van der Waals surface area contributed by atoms with E-state index in [9.17, 15) is 0 Å². The van der Waals surface area contributed by atoms with Gasteiger partial charge in [0.05, 0.1) is 17.1 Å². The molecule has 3 heteroatoms. The molecule has 0 atom stereocenters. The van der Waals surface area contributed by atoms with Crippen LogP contribution in [0.1, 0.15) is 12.6 Å². The lowest BCUT2D eigenvalue weighted by Crippen LogP contribution is -2.16. The van der Waals surface area contributed by atoms with Crippen molar-refractivity contribution >= 4 is 28.2 Å². The molecule has 16 heavy (non-hydrogen) atoms. The molecule has 0 amide bonds. The first-order valence-corrected chi connectivity index (χ1v) is 5.95. The van der Waals surface area contributed by atoms with E-state index in [1.807, 2.05) is 18.2 Å². The van der Waals surface area contributed by atoms with Crippen molar-refractivity contribution in [1.29, 1.82) is 0 Å². The molecular weight excluding hydrogens is 220 g/mol. The maximum absolute atomic E-state index is 5.87. The minimum Gasteiger partial charge on any atom is -0.374 e. The van der Waals surface area contributed by atoms with Crippen LogP contribution in [-0.2, 0) is 5.88 Å². The molecule has 0 unspecified atom stereocenters. The van der Waals surface area contributed by atoms with Crippen LogP contribution in [0.5, 0.6) is 0 Å². The van der Waals surface area contributed by atoms with Crippen LogP contribution in [0.25, 0.3) is 10.9 Å². The third-order valence-corrected chi connectivity index (χ3v) is 3.04. The quantitative estimate of drug-likeness (QED) is 0.757. The molecule has 0 aliphatic carbocycles. The topological polar surface area (TPSA) is 16.1 Å². The number of pyridine rings is 1. The zero-order chi connectivity index (χ0) is 11.5. The predicted molar refractivity (Wildman–Crippen MR) is 70.2 cm³/mol. The van der Waals surface area contributed by atoms with Gasteiger partial charge in [0.15, 0.2) is 0 Å². The summed E-state index contributed by atoms with van der Waals surface area (Å²) in [7, 11) is 2.08. The number of hydrogen-bond acceptors (Lipinski definition) is 2. The highest BCUT2D eigenvalue weighted by atomic mass is 35.5. The molecule has 2 aromatic rings. The third kappa shape index (κ3) is 1.98. The number of alkyl halides is 1. The van der Waals surface area contributed by atoms with Crippen LogP contribution in [0.2, 0.25) is 0 Å². The van der Waals surface area contributed by atoms with E-state index in [4.69, 9.17) is 11.6 Å². The number of nitrogens with zero attached hydrogens (tertiary/aromatic N) is 2. The van der Waals surface area contributed by atoms with Gasteiger partial charge in [-0.15, -0.1) is 11.6 Å². The maximum atomic E-state index is 5.87. The Morgan fingerprint density at radius 3 is 2.75 bits per heavy atom. The highest BCUT2D eigenvalue weighted by molar-refractivity contribution is 6.17. The first-order valence-electron chi connectivity index (χ1n) is 5.42. The number of rotatable bonds is 3. The van der Waals surface area contributed by atoms with E-state index in [0.717, 1.165) is 17.8 Å². The first kappa shape index (κ1) is 11.2. The van der Waals surface area contributed by atoms with Gasteiger partial charge in [-0.2, -0.15) is 0 Å². The number of halogens is 1. The lowest BCUT2D eigenvalue weighted by atomic mass is 10.1. The predicted octanol–water partition coefficient (Wildman–Crippen LogP) is 3.43. The van der Waals surface area contributed by atoms with Crippen LogP contribution in [0.4, 0.5) is 5.69 Å². The van der Waals surface area contributed by atoms with E-state index in [1.165, 1.54) is 11.1 Å². The molecule has 1 aromatic carbocycles. The van der Waals surface area contributed by atoms with Gasteiger partial charge < -0.3 is 4.90 Å². The van der Waals surface area contributed by atoms with Gasteiger partial charge in [0.1, 0.15) is 0 Å². The number of aromatic nitrogens is 1. The molecule has 0 radical (unpaired) electrons. The summed E-state index contributed by atoms with van der Waals surface area (Å²) >= 11 is 5.87. The van der Waals surface area contributed by atoms with Crippen LogP contribution in [-0.4, -0.2) is 18.6 Å². The summed E-state index contributed by atoms with van der Waals surface area (Å²) in [4.78, 5) is 6.72. The van der Waals surface area contributed by atoms with Crippen molar-refractivity contribution in [2.75, 3.05) is 18.5 Å². The first-order chi connectivity index (χ1) is 7.76. The van der Waals surface area contributed by atoms with Crippen LogP contribution >= 0.6 is 11.6 Å². The highest BCUT2D eigenvalue weighted by Crippen LogP contribution is 2.26. The molecule has 84 valence electrons. The zero-order valence-electron chi connectivity index (χ0n) is 9.57. The Balaban J connectivity index is 2.68. The fourth-order valence-electron chi connectivity index (χ4n) is 1.76. The van der Waals surface area contributed by atoms with Gasteiger partial charge in [-0.05, 0) is 19.1 Å². The highest BCUT2D eigenvalue weighted by Gasteiger charge is 2.07. The van der Waals surface area contributed by atoms with Crippen molar-refractivity contribution in [3.05, 3.63) is 36.0 Å². The lowest BCUT2D eigenvalue weighted by molar-refractivity contribution is 0.969. The molecule has 2 nitrogen and oxygen atoms in total. The molecule has 0 saturated carbocycles. The largest absolute Gasteiger partial charge is 0.374 e. The number of anilines is 1. The fourth-order valence-corrected chi connectivity index (χ4v) is 1.90. The van der Waals surface area contributed by atoms with Crippen molar-refractivity contribution < 1.29 is 0 Å². The standard InChI is InChI=1S/C13H15ClN2/c1-3-16(2)13-8-10(9-14)15-12-7-5-4-6-11(12)13/h4-8H,3,9H2,1-2H3. The Hall–Kier alpha value is -1.28. The van der Waals surface area contributed by atoms with Crippen LogP contribution in [0.3, 0.4) is 0 Å². The Morgan fingerprint density at radius 2 is 2.06 bits per heavy atom. The fraction of sp³-hybridized carbons (Fsp3) is 0.308. The number of para-hydroxylation sites is 1. The van der Waals surface area contributed by atoms with E-state index in [0.29, 0.717) is 5.88 Å². The minimum atomic E-state index is 0.454. The Labute approximate surface area is 101 Å². The Bertz CT molecular complexity index is 496. The molecule has 1 heterocycles. The van der Waals surface area contributed by atoms with Crippen molar-refractivity contribution in [1.82, 2.24) is 4.98 Å². The lowest BCUT2D eigenvalue weighted by Gasteiger charge is -2.19. The summed E-state index contributed by atoms with van der Waals surface area (Å²) in [5, 5.41) is 1.18. The summed E-state index contributed by atoms with van der Waals surface area (Å²) in [6, 6.07) is 10.2. The molecule has 0 fully saturated rings. The van der Waals surface area contributed by atoms with E-state index < -0.39 is 0 Å². The zero-order valence-corrected chi connectivity index (χ0v) is 10.3. The minimum absolute atomic E-state index is 0.454. The van der Waals surface area contributed by atoms with Crippen LogP contribution in [0.15, 0.2) is 30.3 Å². The second kappa shape index (κ2) is 4.71. The van der Waals surface area contributed by atoms with E-state index in [2.05, 4.69) is 36.0 Å². The Morgan fingerprint density at radius 1 is 1.31 bits per heavy atom. The average Bonchev–Trinajstić information content (AvgIpc) is 2.36. The second-order valence-corrected chi connectivity index (χ2v) is 4.06. The molecule has 0 saturated heterocycles.